The van der Waals surface area contributed by atoms with Crippen LogP contribution in [0.2, 0.25) is 0 Å². The predicted molar refractivity (Wildman–Crippen MR) is 132 cm³/mol. The van der Waals surface area contributed by atoms with Crippen molar-refractivity contribution >= 4 is 40.8 Å². The second-order valence-electron chi connectivity index (χ2n) is 8.47. The lowest BCUT2D eigenvalue weighted by Gasteiger charge is -2.35. The van der Waals surface area contributed by atoms with Crippen LogP contribution in [-0.4, -0.2) is 92.6 Å². The minimum Gasteiger partial charge on any atom is -0.469 e. The molecule has 2 amide bonds. The third kappa shape index (κ3) is 6.44. The smallest absolute Gasteiger partial charge is 0.414 e. The second kappa shape index (κ2) is 11.4. The maximum absolute atomic E-state index is 12.5. The highest BCUT2D eigenvalue weighted by atomic mass is 32.1. The highest BCUT2D eigenvalue weighted by Gasteiger charge is 2.34. The number of cyclic esters (lactones) is 1. The Hall–Kier alpha value is -3.28. The summed E-state index contributed by atoms with van der Waals surface area (Å²) in [6, 6.07) is 8.63. The van der Waals surface area contributed by atoms with Crippen LogP contribution >= 0.6 is 11.3 Å². The molecule has 2 fully saturated rings. The molecule has 4 rings (SSSR count). The first kappa shape index (κ1) is 24.8. The average molecular weight is 500 g/mol. The van der Waals surface area contributed by atoms with Crippen molar-refractivity contribution in [3.05, 3.63) is 52.2 Å². The van der Waals surface area contributed by atoms with Gasteiger partial charge in [0, 0.05) is 55.9 Å². The van der Waals surface area contributed by atoms with Gasteiger partial charge in [0.05, 0.1) is 25.6 Å². The number of anilines is 1. The Balaban J connectivity index is 1.25. The number of amidine groups is 1. The van der Waals surface area contributed by atoms with Crippen molar-refractivity contribution in [2.75, 3.05) is 57.8 Å². The minimum atomic E-state index is -0.389. The molecule has 2 saturated heterocycles. The summed E-state index contributed by atoms with van der Waals surface area (Å²) in [6.45, 7) is 5.22. The van der Waals surface area contributed by atoms with Crippen molar-refractivity contribution in [3.8, 4) is 0 Å². The lowest BCUT2D eigenvalue weighted by Crippen LogP contribution is -2.49. The van der Waals surface area contributed by atoms with E-state index in [0.29, 0.717) is 42.9 Å². The topological polar surface area (TPSA) is 115 Å². The number of piperazine rings is 1. The van der Waals surface area contributed by atoms with E-state index in [1.165, 1.54) is 18.4 Å². The Bertz CT molecular complexity index is 1050. The number of carbonyl (C=O) groups excluding carboxylic acids is 3. The third-order valence-corrected chi connectivity index (χ3v) is 6.83. The number of ether oxygens (including phenoxy) is 2. The number of thiophene rings is 1. The molecule has 1 atom stereocenters. The van der Waals surface area contributed by atoms with Crippen LogP contribution in [0.4, 0.5) is 10.5 Å². The van der Waals surface area contributed by atoms with E-state index in [2.05, 4.69) is 15.1 Å². The van der Waals surface area contributed by atoms with Gasteiger partial charge in [0.2, 0.25) is 0 Å². The Morgan fingerprint density at radius 3 is 2.49 bits per heavy atom. The molecular formula is C24H29N5O5S. The number of nitrogens with one attached hydrogen (secondary N) is 2. The molecule has 2 aromatic rings. The number of amides is 2. The van der Waals surface area contributed by atoms with Crippen LogP contribution in [0, 0.1) is 5.41 Å². The summed E-state index contributed by atoms with van der Waals surface area (Å²) in [7, 11) is 1.40. The van der Waals surface area contributed by atoms with Crippen molar-refractivity contribution in [2.45, 2.75) is 12.5 Å². The molecule has 10 nitrogen and oxygen atoms in total. The van der Waals surface area contributed by atoms with Crippen molar-refractivity contribution in [1.29, 1.82) is 5.41 Å². The van der Waals surface area contributed by atoms with Crippen molar-refractivity contribution < 1.29 is 23.9 Å². The summed E-state index contributed by atoms with van der Waals surface area (Å²) in [5.74, 6) is -0.519. The van der Waals surface area contributed by atoms with Crippen molar-refractivity contribution in [3.63, 3.8) is 0 Å². The number of rotatable bonds is 8. The Morgan fingerprint density at radius 2 is 1.83 bits per heavy atom. The van der Waals surface area contributed by atoms with Crippen LogP contribution < -0.4 is 10.2 Å². The van der Waals surface area contributed by atoms with Crippen LogP contribution in [-0.2, 0) is 14.3 Å². The maximum atomic E-state index is 12.5. The SMILES string of the molecule is COC(=O)CCN1CCN(CC2CN(c3ccc(C(=N)NC(=O)c4ccsc4)cc3)C(=O)O2)CC1. The summed E-state index contributed by atoms with van der Waals surface area (Å²) >= 11 is 1.42. The van der Waals surface area contributed by atoms with E-state index in [4.69, 9.17) is 14.9 Å². The van der Waals surface area contributed by atoms with Gasteiger partial charge in [-0.2, -0.15) is 11.3 Å². The van der Waals surface area contributed by atoms with Crippen LogP contribution in [0.5, 0.6) is 0 Å². The fourth-order valence-electron chi connectivity index (χ4n) is 4.12. The van der Waals surface area contributed by atoms with Crippen LogP contribution in [0.15, 0.2) is 41.1 Å². The zero-order valence-corrected chi connectivity index (χ0v) is 20.4. The molecule has 1 aromatic carbocycles. The lowest BCUT2D eigenvalue weighted by atomic mass is 10.1. The largest absolute Gasteiger partial charge is 0.469 e. The average Bonchev–Trinajstić information content (AvgIpc) is 3.53. The molecular weight excluding hydrogens is 470 g/mol. The maximum Gasteiger partial charge on any atom is 0.414 e. The molecule has 2 aliphatic rings. The molecule has 2 aliphatic heterocycles. The van der Waals surface area contributed by atoms with E-state index >= 15 is 0 Å². The minimum absolute atomic E-state index is 0.000327. The molecule has 0 aliphatic carbocycles. The standard InChI is InChI=1S/C24H29N5O5S/c1-33-21(30)6-8-27-9-11-28(12-10-27)14-20-15-29(24(32)34-20)19-4-2-17(3-5-19)22(25)26-23(31)18-7-13-35-16-18/h2-5,7,13,16,20H,6,8-12,14-15H2,1H3,(H2,25,26,31). The lowest BCUT2D eigenvalue weighted by molar-refractivity contribution is -0.141. The van der Waals surface area contributed by atoms with E-state index in [1.807, 2.05) is 5.38 Å². The van der Waals surface area contributed by atoms with Gasteiger partial charge in [0.25, 0.3) is 5.91 Å². The number of hydrogen-bond donors (Lipinski definition) is 2. The van der Waals surface area contributed by atoms with Gasteiger partial charge in [-0.15, -0.1) is 0 Å². The first-order valence-corrected chi connectivity index (χ1v) is 12.4. The number of carbonyl (C=O) groups is 3. The normalized spacial score (nSPS) is 18.8. The number of hydrogen-bond acceptors (Lipinski definition) is 9. The molecule has 1 unspecified atom stereocenters. The summed E-state index contributed by atoms with van der Waals surface area (Å²) < 4.78 is 10.3. The zero-order valence-electron chi connectivity index (χ0n) is 19.6. The fraction of sp³-hybridized carbons (Fsp3) is 0.417. The molecule has 0 saturated carbocycles. The Kier molecular flexibility index (Phi) is 8.11. The second-order valence-corrected chi connectivity index (χ2v) is 9.25. The predicted octanol–water partition coefficient (Wildman–Crippen LogP) is 2.01. The quantitative estimate of drug-likeness (QED) is 0.324. The summed E-state index contributed by atoms with van der Waals surface area (Å²) in [5, 5.41) is 14.3. The van der Waals surface area contributed by atoms with Gasteiger partial charge in [-0.25, -0.2) is 4.79 Å². The zero-order chi connectivity index (χ0) is 24.8. The number of esters is 1. The van der Waals surface area contributed by atoms with Crippen molar-refractivity contribution in [2.24, 2.45) is 0 Å². The van der Waals surface area contributed by atoms with Crippen LogP contribution in [0.3, 0.4) is 0 Å². The Morgan fingerprint density at radius 1 is 1.11 bits per heavy atom. The van der Waals surface area contributed by atoms with Crippen molar-refractivity contribution in [1.82, 2.24) is 15.1 Å². The summed E-state index contributed by atoms with van der Waals surface area (Å²) in [5.41, 5.74) is 1.75. The molecule has 186 valence electrons. The van der Waals surface area contributed by atoms with E-state index in [9.17, 15) is 14.4 Å². The molecule has 0 bridgehead atoms. The fourth-order valence-corrected chi connectivity index (χ4v) is 4.76. The highest BCUT2D eigenvalue weighted by Crippen LogP contribution is 2.23. The molecule has 11 heteroatoms. The third-order valence-electron chi connectivity index (χ3n) is 6.15. The molecule has 0 radical (unpaired) electrons. The molecule has 0 spiro atoms. The molecule has 2 N–H and O–H groups in total. The molecule has 3 heterocycles. The van der Waals surface area contributed by atoms with Gasteiger partial charge in [0.15, 0.2) is 0 Å². The van der Waals surface area contributed by atoms with E-state index in [1.54, 1.807) is 40.6 Å². The van der Waals surface area contributed by atoms with E-state index < -0.39 is 0 Å². The summed E-state index contributed by atoms with van der Waals surface area (Å²) in [6.07, 6.45) is -0.224. The van der Waals surface area contributed by atoms with Gasteiger partial charge < -0.3 is 19.7 Å². The van der Waals surface area contributed by atoms with Crippen LogP contribution in [0.25, 0.3) is 0 Å². The first-order valence-electron chi connectivity index (χ1n) is 11.4. The number of methoxy groups -OCH3 is 1. The van der Waals surface area contributed by atoms with Gasteiger partial charge >= 0.3 is 12.1 Å². The number of benzene rings is 1. The van der Waals surface area contributed by atoms with E-state index in [0.717, 1.165) is 26.2 Å². The Labute approximate surface area is 207 Å². The highest BCUT2D eigenvalue weighted by molar-refractivity contribution is 7.08. The van der Waals surface area contributed by atoms with Gasteiger partial charge in [-0.05, 0) is 35.7 Å². The molecule has 35 heavy (non-hydrogen) atoms. The molecule has 1 aromatic heterocycles. The first-order chi connectivity index (χ1) is 16.9. The summed E-state index contributed by atoms with van der Waals surface area (Å²) in [4.78, 5) is 42.1. The monoisotopic (exact) mass is 499 g/mol. The van der Waals surface area contributed by atoms with E-state index in [-0.39, 0.29) is 29.9 Å². The van der Waals surface area contributed by atoms with Crippen LogP contribution in [0.1, 0.15) is 22.3 Å². The van der Waals surface area contributed by atoms with Gasteiger partial charge in [-0.1, -0.05) is 0 Å². The number of nitrogens with zero attached hydrogens (tertiary/aromatic N) is 3. The van der Waals surface area contributed by atoms with Gasteiger partial charge in [-0.3, -0.25) is 24.8 Å². The van der Waals surface area contributed by atoms with Gasteiger partial charge in [0.1, 0.15) is 11.9 Å².